The normalized spacial score (nSPS) is 15.0. The average Bonchev–Trinajstić information content (AvgIpc) is 3.21. The van der Waals surface area contributed by atoms with Gasteiger partial charge in [0.1, 0.15) is 6.61 Å². The number of ether oxygens (including phenoxy) is 4. The molecular weight excluding hydrogens is 366 g/mol. The molecule has 0 fully saturated rings. The lowest BCUT2D eigenvalue weighted by atomic mass is 10.2. The van der Waals surface area contributed by atoms with Crippen molar-refractivity contribution < 1.29 is 28.2 Å². The summed E-state index contributed by atoms with van der Waals surface area (Å²) in [7, 11) is 3.02. The van der Waals surface area contributed by atoms with Crippen LogP contribution in [-0.4, -0.2) is 36.9 Å². The van der Waals surface area contributed by atoms with E-state index in [0.717, 1.165) is 0 Å². The van der Waals surface area contributed by atoms with Gasteiger partial charge < -0.3 is 23.4 Å². The van der Waals surface area contributed by atoms with Gasteiger partial charge >= 0.3 is 6.01 Å². The zero-order chi connectivity index (χ0) is 19.5. The van der Waals surface area contributed by atoms with Crippen molar-refractivity contribution in [2.75, 3.05) is 26.1 Å². The second-order valence-corrected chi connectivity index (χ2v) is 5.83. The van der Waals surface area contributed by atoms with Crippen LogP contribution in [0, 0.1) is 0 Å². The van der Waals surface area contributed by atoms with Crippen molar-refractivity contribution in [1.29, 1.82) is 0 Å². The standard InChI is InChI=1S/C19H17N3O6/c1-24-12-8-7-11(9-15(12)25-2)17(23)20-19-22-21-18(28-19)16-10-26-13-5-3-4-6-14(13)27-16/h3-9,16H,10H2,1-2H3,(H,20,22,23). The Morgan fingerprint density at radius 2 is 1.86 bits per heavy atom. The first-order valence-corrected chi connectivity index (χ1v) is 8.43. The lowest BCUT2D eigenvalue weighted by molar-refractivity contribution is 0.0716. The highest BCUT2D eigenvalue weighted by molar-refractivity contribution is 6.03. The van der Waals surface area contributed by atoms with Crippen LogP contribution in [-0.2, 0) is 0 Å². The van der Waals surface area contributed by atoms with Crippen LogP contribution in [0.2, 0.25) is 0 Å². The smallest absolute Gasteiger partial charge is 0.322 e. The third-order valence-electron chi connectivity index (χ3n) is 4.09. The van der Waals surface area contributed by atoms with Gasteiger partial charge in [0.15, 0.2) is 23.0 Å². The van der Waals surface area contributed by atoms with E-state index in [4.69, 9.17) is 23.4 Å². The van der Waals surface area contributed by atoms with Crippen LogP contribution in [0.4, 0.5) is 6.01 Å². The molecule has 4 rings (SSSR count). The maximum absolute atomic E-state index is 12.4. The maximum atomic E-state index is 12.4. The maximum Gasteiger partial charge on any atom is 0.322 e. The molecule has 3 aromatic rings. The molecule has 2 aromatic carbocycles. The predicted octanol–water partition coefficient (Wildman–Crippen LogP) is 2.85. The number of nitrogens with zero attached hydrogens (tertiary/aromatic N) is 2. The Labute approximate surface area is 160 Å². The van der Waals surface area contributed by atoms with E-state index in [1.807, 2.05) is 18.2 Å². The van der Waals surface area contributed by atoms with Gasteiger partial charge in [0, 0.05) is 5.56 Å². The predicted molar refractivity (Wildman–Crippen MR) is 97.1 cm³/mol. The molecule has 144 valence electrons. The third-order valence-corrected chi connectivity index (χ3v) is 4.09. The Morgan fingerprint density at radius 3 is 2.64 bits per heavy atom. The lowest BCUT2D eigenvalue weighted by Crippen LogP contribution is -2.21. The van der Waals surface area contributed by atoms with Crippen molar-refractivity contribution in [2.24, 2.45) is 0 Å². The summed E-state index contributed by atoms with van der Waals surface area (Å²) in [5.41, 5.74) is 0.351. The van der Waals surface area contributed by atoms with Crippen LogP contribution >= 0.6 is 0 Å². The first kappa shape index (κ1) is 17.7. The first-order chi connectivity index (χ1) is 13.7. The van der Waals surface area contributed by atoms with E-state index in [1.165, 1.54) is 14.2 Å². The quantitative estimate of drug-likeness (QED) is 0.717. The SMILES string of the molecule is COc1ccc(C(=O)Nc2nnc(C3COc4ccccc4O3)o2)cc1OC. The van der Waals surface area contributed by atoms with Gasteiger partial charge in [0.25, 0.3) is 11.8 Å². The van der Waals surface area contributed by atoms with Crippen LogP contribution in [0.3, 0.4) is 0 Å². The molecule has 1 aliphatic rings. The van der Waals surface area contributed by atoms with Gasteiger partial charge in [-0.25, -0.2) is 0 Å². The molecule has 9 heteroatoms. The Hall–Kier alpha value is -3.75. The van der Waals surface area contributed by atoms with Crippen molar-refractivity contribution >= 4 is 11.9 Å². The van der Waals surface area contributed by atoms with Crippen molar-refractivity contribution in [3.8, 4) is 23.0 Å². The topological polar surface area (TPSA) is 105 Å². The summed E-state index contributed by atoms with van der Waals surface area (Å²) >= 11 is 0. The minimum atomic E-state index is -0.561. The van der Waals surface area contributed by atoms with Gasteiger partial charge in [-0.15, -0.1) is 5.10 Å². The molecule has 1 unspecified atom stereocenters. The number of hydrogen-bond acceptors (Lipinski definition) is 8. The Morgan fingerprint density at radius 1 is 1.07 bits per heavy atom. The summed E-state index contributed by atoms with van der Waals surface area (Å²) in [4.78, 5) is 12.4. The number of para-hydroxylation sites is 2. The summed E-state index contributed by atoms with van der Waals surface area (Å²) in [6.45, 7) is 0.224. The molecule has 1 amide bonds. The number of anilines is 1. The van der Waals surface area contributed by atoms with E-state index < -0.39 is 12.0 Å². The summed E-state index contributed by atoms with van der Waals surface area (Å²) < 4.78 is 27.3. The first-order valence-electron chi connectivity index (χ1n) is 8.43. The summed E-state index contributed by atoms with van der Waals surface area (Å²) in [6.07, 6.45) is -0.561. The number of nitrogens with one attached hydrogen (secondary N) is 1. The molecule has 1 aliphatic heterocycles. The highest BCUT2D eigenvalue weighted by atomic mass is 16.6. The van der Waals surface area contributed by atoms with E-state index in [-0.39, 0.29) is 18.5 Å². The van der Waals surface area contributed by atoms with Crippen molar-refractivity contribution in [2.45, 2.75) is 6.10 Å². The largest absolute Gasteiger partial charge is 0.493 e. The van der Waals surface area contributed by atoms with E-state index in [0.29, 0.717) is 28.6 Å². The zero-order valence-electron chi connectivity index (χ0n) is 15.2. The fourth-order valence-electron chi connectivity index (χ4n) is 2.70. The monoisotopic (exact) mass is 383 g/mol. The second-order valence-electron chi connectivity index (χ2n) is 5.83. The van der Waals surface area contributed by atoms with E-state index in [9.17, 15) is 4.79 Å². The molecule has 0 bridgehead atoms. The van der Waals surface area contributed by atoms with Crippen molar-refractivity contribution in [3.63, 3.8) is 0 Å². The van der Waals surface area contributed by atoms with Crippen LogP contribution < -0.4 is 24.3 Å². The summed E-state index contributed by atoms with van der Waals surface area (Å²) in [6, 6.07) is 12.1. The fraction of sp³-hybridized carbons (Fsp3) is 0.211. The second kappa shape index (κ2) is 7.47. The Balaban J connectivity index is 1.46. The van der Waals surface area contributed by atoms with E-state index >= 15 is 0 Å². The number of hydrogen-bond donors (Lipinski definition) is 1. The number of methoxy groups -OCH3 is 2. The number of carbonyl (C=O) groups excluding carboxylic acids is 1. The lowest BCUT2D eigenvalue weighted by Gasteiger charge is -2.23. The number of carbonyl (C=O) groups is 1. The van der Waals surface area contributed by atoms with Gasteiger partial charge in [-0.3, -0.25) is 10.1 Å². The number of amides is 1. The van der Waals surface area contributed by atoms with Crippen LogP contribution in [0.5, 0.6) is 23.0 Å². The minimum Gasteiger partial charge on any atom is -0.493 e. The van der Waals surface area contributed by atoms with Crippen LogP contribution in [0.25, 0.3) is 0 Å². The molecule has 1 N–H and O–H groups in total. The number of benzene rings is 2. The molecule has 1 atom stereocenters. The number of aromatic nitrogens is 2. The van der Waals surface area contributed by atoms with Gasteiger partial charge in [0.05, 0.1) is 14.2 Å². The van der Waals surface area contributed by atoms with Crippen molar-refractivity contribution in [1.82, 2.24) is 10.2 Å². The van der Waals surface area contributed by atoms with Gasteiger partial charge in [-0.05, 0) is 30.3 Å². The van der Waals surface area contributed by atoms with E-state index in [2.05, 4.69) is 15.5 Å². The average molecular weight is 383 g/mol. The highest BCUT2D eigenvalue weighted by Crippen LogP contribution is 2.35. The summed E-state index contributed by atoms with van der Waals surface area (Å²) in [5, 5.41) is 10.3. The molecule has 0 aliphatic carbocycles. The fourth-order valence-corrected chi connectivity index (χ4v) is 2.70. The Kier molecular flexibility index (Phi) is 4.71. The molecule has 0 radical (unpaired) electrons. The zero-order valence-corrected chi connectivity index (χ0v) is 15.2. The molecular formula is C19H17N3O6. The van der Waals surface area contributed by atoms with Gasteiger partial charge in [-0.2, -0.15) is 0 Å². The molecule has 1 aromatic heterocycles. The number of rotatable bonds is 5. The van der Waals surface area contributed by atoms with E-state index in [1.54, 1.807) is 24.3 Å². The van der Waals surface area contributed by atoms with Crippen molar-refractivity contribution in [3.05, 3.63) is 53.9 Å². The van der Waals surface area contributed by atoms with Gasteiger partial charge in [-0.1, -0.05) is 17.2 Å². The van der Waals surface area contributed by atoms with Crippen LogP contribution in [0.1, 0.15) is 22.4 Å². The minimum absolute atomic E-state index is 0.0442. The molecule has 28 heavy (non-hydrogen) atoms. The Bertz CT molecular complexity index is 1000. The number of fused-ring (bicyclic) bond motifs is 1. The molecule has 2 heterocycles. The summed E-state index contributed by atoms with van der Waals surface area (Å²) in [5.74, 6) is 1.98. The molecule has 0 saturated carbocycles. The van der Waals surface area contributed by atoms with Gasteiger partial charge in [0.2, 0.25) is 6.10 Å². The van der Waals surface area contributed by atoms with Crippen LogP contribution in [0.15, 0.2) is 46.9 Å². The third kappa shape index (κ3) is 3.41. The highest BCUT2D eigenvalue weighted by Gasteiger charge is 2.27. The molecule has 0 spiro atoms. The molecule has 0 saturated heterocycles. The molecule has 9 nitrogen and oxygen atoms in total.